The molecule has 11 nitrogen and oxygen atoms in total. The fraction of sp³-hybridized carbons (Fsp3) is 0.136. The van der Waals surface area contributed by atoms with E-state index < -0.39 is 34.4 Å². The van der Waals surface area contributed by atoms with E-state index in [-0.39, 0.29) is 22.7 Å². The van der Waals surface area contributed by atoms with Crippen molar-refractivity contribution in [3.05, 3.63) is 87.5 Å². The van der Waals surface area contributed by atoms with Gasteiger partial charge in [-0.05, 0) is 37.3 Å². The van der Waals surface area contributed by atoms with Gasteiger partial charge in [-0.1, -0.05) is 6.07 Å². The van der Waals surface area contributed by atoms with Crippen molar-refractivity contribution in [1.29, 1.82) is 0 Å². The number of nitro benzene ring substituents is 1. The monoisotopic (exact) mass is 447 g/mol. The quantitative estimate of drug-likeness (QED) is 0.264. The molecule has 1 aliphatic rings. The summed E-state index contributed by atoms with van der Waals surface area (Å²) >= 11 is 0. The number of nitrogens with zero attached hydrogens (tertiary/aromatic N) is 4. The van der Waals surface area contributed by atoms with Gasteiger partial charge in [0.2, 0.25) is 11.7 Å². The fourth-order valence-corrected chi connectivity index (χ4v) is 3.57. The average molecular weight is 447 g/mol. The smallest absolute Gasteiger partial charge is 0.282 e. The van der Waals surface area contributed by atoms with E-state index in [1.54, 1.807) is 17.8 Å². The molecule has 0 bridgehead atoms. The minimum Gasteiger partial charge on any atom is -0.331 e. The lowest BCUT2D eigenvalue weighted by molar-refractivity contribution is -0.385. The largest absolute Gasteiger partial charge is 0.331 e. The van der Waals surface area contributed by atoms with Gasteiger partial charge in [-0.3, -0.25) is 34.2 Å². The first kappa shape index (κ1) is 21.6. The Balaban J connectivity index is 1.50. The number of rotatable bonds is 6. The van der Waals surface area contributed by atoms with Gasteiger partial charge in [0.05, 0.1) is 10.5 Å². The molecular formula is C22H17N5O6. The van der Waals surface area contributed by atoms with Crippen LogP contribution in [-0.2, 0) is 11.8 Å². The van der Waals surface area contributed by atoms with Crippen LogP contribution in [-0.4, -0.2) is 48.9 Å². The Morgan fingerprint density at radius 2 is 1.79 bits per heavy atom. The molecule has 3 aromatic rings. The molecule has 0 radical (unpaired) electrons. The Hall–Kier alpha value is -4.67. The van der Waals surface area contributed by atoms with Crippen molar-refractivity contribution >= 4 is 34.9 Å². The Bertz CT molecular complexity index is 1330. The van der Waals surface area contributed by atoms with E-state index in [2.05, 4.69) is 10.3 Å². The highest BCUT2D eigenvalue weighted by molar-refractivity contribution is 6.24. The molecule has 166 valence electrons. The number of hydrogen-bond donors (Lipinski definition) is 1. The summed E-state index contributed by atoms with van der Waals surface area (Å²) in [7, 11) is 1.70. The van der Waals surface area contributed by atoms with Crippen molar-refractivity contribution in [3.63, 3.8) is 0 Å². The van der Waals surface area contributed by atoms with E-state index in [1.165, 1.54) is 49.5 Å². The molecule has 0 fully saturated rings. The van der Waals surface area contributed by atoms with Gasteiger partial charge in [-0.25, -0.2) is 4.98 Å². The zero-order valence-corrected chi connectivity index (χ0v) is 17.5. The summed E-state index contributed by atoms with van der Waals surface area (Å²) < 4.78 is 1.59. The van der Waals surface area contributed by atoms with Crippen LogP contribution in [0.3, 0.4) is 0 Å². The van der Waals surface area contributed by atoms with Gasteiger partial charge in [-0.2, -0.15) is 0 Å². The third kappa shape index (κ3) is 3.65. The number of amides is 3. The number of carbonyl (C=O) groups is 4. The molecule has 2 aromatic carbocycles. The SMILES string of the molecule is CC(C(=O)Nc1ccc(C(=O)c2nccn2C)cc1)N1C(=O)c2cccc([N+](=O)[O-])c2C1=O. The fourth-order valence-electron chi connectivity index (χ4n) is 3.57. The summed E-state index contributed by atoms with van der Waals surface area (Å²) in [4.78, 5) is 65.9. The van der Waals surface area contributed by atoms with Gasteiger partial charge in [-0.15, -0.1) is 0 Å². The van der Waals surface area contributed by atoms with Crippen LogP contribution >= 0.6 is 0 Å². The average Bonchev–Trinajstić information content (AvgIpc) is 3.34. The molecule has 1 unspecified atom stereocenters. The predicted molar refractivity (Wildman–Crippen MR) is 115 cm³/mol. The summed E-state index contributed by atoms with van der Waals surface area (Å²) in [5, 5.41) is 13.8. The van der Waals surface area contributed by atoms with E-state index in [0.717, 1.165) is 6.07 Å². The standard InChI is InChI=1S/C22H17N5O6/c1-12(26-21(30)15-4-3-5-16(27(32)33)17(15)22(26)31)20(29)24-14-8-6-13(7-9-14)18(28)19-23-10-11-25(19)2/h3-12H,1-2H3,(H,24,29). The first-order valence-electron chi connectivity index (χ1n) is 9.79. The molecule has 1 aliphatic heterocycles. The number of benzene rings is 2. The Labute approximate surface area is 186 Å². The van der Waals surface area contributed by atoms with Crippen LogP contribution in [0.2, 0.25) is 0 Å². The van der Waals surface area contributed by atoms with Crippen LogP contribution in [0.15, 0.2) is 54.9 Å². The van der Waals surface area contributed by atoms with Gasteiger partial charge >= 0.3 is 0 Å². The number of anilines is 1. The molecule has 0 saturated carbocycles. The molecule has 2 heterocycles. The van der Waals surface area contributed by atoms with Crippen LogP contribution in [0.5, 0.6) is 0 Å². The molecule has 4 rings (SSSR count). The van der Waals surface area contributed by atoms with E-state index in [1.807, 2.05) is 0 Å². The van der Waals surface area contributed by atoms with Gasteiger partial charge in [0.1, 0.15) is 11.6 Å². The van der Waals surface area contributed by atoms with Crippen LogP contribution in [0.25, 0.3) is 0 Å². The number of aromatic nitrogens is 2. The summed E-state index contributed by atoms with van der Waals surface area (Å²) in [6.45, 7) is 1.35. The molecule has 0 aliphatic carbocycles. The molecule has 3 amide bonds. The van der Waals surface area contributed by atoms with Gasteiger partial charge in [0.15, 0.2) is 5.82 Å². The van der Waals surface area contributed by atoms with Crippen molar-refractivity contribution < 1.29 is 24.1 Å². The number of ketones is 1. The molecule has 0 spiro atoms. The number of aryl methyl sites for hydroxylation is 1. The Kier molecular flexibility index (Phi) is 5.30. The highest BCUT2D eigenvalue weighted by Gasteiger charge is 2.44. The molecule has 33 heavy (non-hydrogen) atoms. The minimum atomic E-state index is -1.23. The van der Waals surface area contributed by atoms with Crippen molar-refractivity contribution in [2.45, 2.75) is 13.0 Å². The highest BCUT2D eigenvalue weighted by atomic mass is 16.6. The second kappa shape index (κ2) is 8.11. The summed E-state index contributed by atoms with van der Waals surface area (Å²) in [6.07, 6.45) is 3.16. The first-order chi connectivity index (χ1) is 15.7. The number of fused-ring (bicyclic) bond motifs is 1. The lowest BCUT2D eigenvalue weighted by Crippen LogP contribution is -2.45. The predicted octanol–water partition coefficient (Wildman–Crippen LogP) is 2.18. The molecule has 1 N–H and O–H groups in total. The number of hydrogen-bond acceptors (Lipinski definition) is 7. The maximum Gasteiger partial charge on any atom is 0.282 e. The number of imidazole rings is 1. The number of nitro groups is 1. The molecule has 1 aromatic heterocycles. The topological polar surface area (TPSA) is 145 Å². The van der Waals surface area contributed by atoms with Crippen molar-refractivity contribution in [1.82, 2.24) is 14.5 Å². The summed E-state index contributed by atoms with van der Waals surface area (Å²) in [5.74, 6) is -2.38. The maximum absolute atomic E-state index is 12.8. The van der Waals surface area contributed by atoms with E-state index >= 15 is 0 Å². The van der Waals surface area contributed by atoms with Crippen LogP contribution in [0.4, 0.5) is 11.4 Å². The third-order valence-electron chi connectivity index (χ3n) is 5.33. The van der Waals surface area contributed by atoms with Crippen LogP contribution in [0, 0.1) is 10.1 Å². The van der Waals surface area contributed by atoms with Gasteiger partial charge in [0.25, 0.3) is 17.5 Å². The van der Waals surface area contributed by atoms with Gasteiger partial charge < -0.3 is 9.88 Å². The Morgan fingerprint density at radius 1 is 1.09 bits per heavy atom. The molecule has 0 saturated heterocycles. The molecule has 1 atom stereocenters. The maximum atomic E-state index is 12.8. The van der Waals surface area contributed by atoms with Crippen molar-refractivity contribution in [2.75, 3.05) is 5.32 Å². The van der Waals surface area contributed by atoms with E-state index in [9.17, 15) is 29.3 Å². The lowest BCUT2D eigenvalue weighted by Gasteiger charge is -2.21. The van der Waals surface area contributed by atoms with Gasteiger partial charge in [0, 0.05) is 36.8 Å². The minimum absolute atomic E-state index is 0.119. The number of carbonyl (C=O) groups excluding carboxylic acids is 4. The van der Waals surface area contributed by atoms with E-state index in [0.29, 0.717) is 16.2 Å². The second-order valence-electron chi connectivity index (χ2n) is 7.37. The number of nitrogens with one attached hydrogen (secondary N) is 1. The Morgan fingerprint density at radius 3 is 2.39 bits per heavy atom. The highest BCUT2D eigenvalue weighted by Crippen LogP contribution is 2.32. The van der Waals surface area contributed by atoms with Crippen LogP contribution < -0.4 is 5.32 Å². The first-order valence-corrected chi connectivity index (χ1v) is 9.79. The summed E-state index contributed by atoms with van der Waals surface area (Å²) in [5.41, 5.74) is -0.238. The van der Waals surface area contributed by atoms with Crippen molar-refractivity contribution in [2.24, 2.45) is 7.05 Å². The molecule has 11 heteroatoms. The van der Waals surface area contributed by atoms with Crippen LogP contribution in [0.1, 0.15) is 43.8 Å². The molecular weight excluding hydrogens is 430 g/mol. The zero-order valence-electron chi connectivity index (χ0n) is 17.5. The lowest BCUT2D eigenvalue weighted by atomic mass is 10.1. The van der Waals surface area contributed by atoms with E-state index in [4.69, 9.17) is 0 Å². The summed E-state index contributed by atoms with van der Waals surface area (Å²) in [6, 6.07) is 8.57. The third-order valence-corrected chi connectivity index (χ3v) is 5.33. The number of imide groups is 1. The van der Waals surface area contributed by atoms with Crippen molar-refractivity contribution in [3.8, 4) is 0 Å². The normalized spacial score (nSPS) is 13.6. The second-order valence-corrected chi connectivity index (χ2v) is 7.37. The zero-order chi connectivity index (χ0) is 23.9.